The second-order valence-corrected chi connectivity index (χ2v) is 7.36. The maximum absolute atomic E-state index is 5.47. The molecule has 1 aromatic carbocycles. The van der Waals surface area contributed by atoms with Crippen LogP contribution in [0.2, 0.25) is 0 Å². The van der Waals surface area contributed by atoms with Gasteiger partial charge in [-0.05, 0) is 49.7 Å². The number of ether oxygens (including phenoxy) is 1. The summed E-state index contributed by atoms with van der Waals surface area (Å²) in [5.41, 5.74) is 5.26. The molecule has 0 spiro atoms. The van der Waals surface area contributed by atoms with E-state index < -0.39 is 0 Å². The van der Waals surface area contributed by atoms with Crippen molar-refractivity contribution in [2.24, 2.45) is 0 Å². The van der Waals surface area contributed by atoms with Crippen LogP contribution in [0.4, 0.5) is 5.82 Å². The molecule has 1 fully saturated rings. The van der Waals surface area contributed by atoms with E-state index in [2.05, 4.69) is 69.6 Å². The van der Waals surface area contributed by atoms with Crippen LogP contribution in [0, 0.1) is 13.8 Å². The van der Waals surface area contributed by atoms with Crippen LogP contribution in [0.1, 0.15) is 17.0 Å². The monoisotopic (exact) mass is 376 g/mol. The summed E-state index contributed by atoms with van der Waals surface area (Å²) in [4.78, 5) is 9.38. The van der Waals surface area contributed by atoms with Gasteiger partial charge in [0.05, 0.1) is 7.11 Å². The minimum absolute atomic E-state index is 0.849. The second kappa shape index (κ2) is 8.07. The first-order valence-corrected chi connectivity index (χ1v) is 9.87. The number of benzene rings is 1. The van der Waals surface area contributed by atoms with Gasteiger partial charge in [0.25, 0.3) is 0 Å². The second-order valence-electron chi connectivity index (χ2n) is 7.36. The van der Waals surface area contributed by atoms with Gasteiger partial charge in [-0.3, -0.25) is 4.90 Å². The number of aromatic nitrogens is 2. The Labute approximate surface area is 167 Å². The van der Waals surface area contributed by atoms with Gasteiger partial charge in [-0.15, -0.1) is 0 Å². The molecule has 0 radical (unpaired) electrons. The maximum Gasteiger partial charge on any atom is 0.171 e. The van der Waals surface area contributed by atoms with Crippen molar-refractivity contribution < 1.29 is 4.74 Å². The molecule has 0 atom stereocenters. The molecule has 0 saturated carbocycles. The van der Waals surface area contributed by atoms with Crippen molar-refractivity contribution in [3.63, 3.8) is 0 Å². The van der Waals surface area contributed by atoms with Crippen LogP contribution in [0.15, 0.2) is 54.7 Å². The molecule has 0 unspecified atom stereocenters. The number of rotatable bonds is 5. The lowest BCUT2D eigenvalue weighted by atomic mass is 10.2. The first kappa shape index (κ1) is 18.6. The molecule has 28 heavy (non-hydrogen) atoms. The number of anilines is 1. The SMILES string of the molecule is COc1cccnc1N1CCN(Cc2cc(C)n(-c3ccccc3)c2C)CC1. The summed E-state index contributed by atoms with van der Waals surface area (Å²) >= 11 is 0. The maximum atomic E-state index is 5.47. The first-order chi connectivity index (χ1) is 13.7. The third-order valence-electron chi connectivity index (χ3n) is 5.59. The molecule has 1 aliphatic heterocycles. The Morgan fingerprint density at radius 2 is 1.71 bits per heavy atom. The quantitative estimate of drug-likeness (QED) is 0.678. The van der Waals surface area contributed by atoms with E-state index in [1.807, 2.05) is 18.3 Å². The molecule has 2 aromatic heterocycles. The van der Waals surface area contributed by atoms with Crippen molar-refractivity contribution in [2.45, 2.75) is 20.4 Å². The van der Waals surface area contributed by atoms with Crippen LogP contribution in [0.3, 0.4) is 0 Å². The zero-order valence-electron chi connectivity index (χ0n) is 16.9. The Kier molecular flexibility index (Phi) is 5.35. The normalized spacial score (nSPS) is 15.0. The first-order valence-electron chi connectivity index (χ1n) is 9.87. The minimum Gasteiger partial charge on any atom is -0.493 e. The van der Waals surface area contributed by atoms with E-state index in [0.29, 0.717) is 0 Å². The van der Waals surface area contributed by atoms with Gasteiger partial charge in [-0.2, -0.15) is 0 Å². The highest BCUT2D eigenvalue weighted by Gasteiger charge is 2.22. The van der Waals surface area contributed by atoms with E-state index in [0.717, 1.165) is 44.3 Å². The molecule has 3 heterocycles. The number of piperazine rings is 1. The van der Waals surface area contributed by atoms with Crippen LogP contribution in [0.25, 0.3) is 5.69 Å². The average Bonchev–Trinajstić information content (AvgIpc) is 3.02. The standard InChI is InChI=1S/C23H28N4O/c1-18-16-20(19(2)27(18)21-8-5-4-6-9-21)17-25-12-14-26(15-13-25)23-22(28-3)10-7-11-24-23/h4-11,16H,12-15,17H2,1-3H3. The van der Waals surface area contributed by atoms with Crippen LogP contribution in [-0.4, -0.2) is 47.7 Å². The zero-order valence-corrected chi connectivity index (χ0v) is 16.9. The number of hydrogen-bond donors (Lipinski definition) is 0. The molecule has 1 aliphatic rings. The lowest BCUT2D eigenvalue weighted by Crippen LogP contribution is -2.46. The minimum atomic E-state index is 0.849. The summed E-state index contributed by atoms with van der Waals surface area (Å²) < 4.78 is 7.83. The molecule has 5 nitrogen and oxygen atoms in total. The number of nitrogens with zero attached hydrogens (tertiary/aromatic N) is 4. The molecule has 146 valence electrons. The highest BCUT2D eigenvalue weighted by atomic mass is 16.5. The van der Waals surface area contributed by atoms with Crippen molar-refractivity contribution in [1.29, 1.82) is 0 Å². The number of aryl methyl sites for hydroxylation is 1. The fourth-order valence-electron chi connectivity index (χ4n) is 4.10. The van der Waals surface area contributed by atoms with E-state index in [-0.39, 0.29) is 0 Å². The smallest absolute Gasteiger partial charge is 0.171 e. The van der Waals surface area contributed by atoms with Gasteiger partial charge in [0.15, 0.2) is 11.6 Å². The van der Waals surface area contributed by atoms with Crippen LogP contribution >= 0.6 is 0 Å². The lowest BCUT2D eigenvalue weighted by Gasteiger charge is -2.35. The van der Waals surface area contributed by atoms with E-state index >= 15 is 0 Å². The van der Waals surface area contributed by atoms with Crippen molar-refractivity contribution >= 4 is 5.82 Å². The zero-order chi connectivity index (χ0) is 19.5. The fourth-order valence-corrected chi connectivity index (χ4v) is 4.10. The van der Waals surface area contributed by atoms with Crippen molar-refractivity contribution in [3.8, 4) is 11.4 Å². The Balaban J connectivity index is 1.44. The summed E-state index contributed by atoms with van der Waals surface area (Å²) in [5.74, 6) is 1.80. The molecule has 3 aromatic rings. The van der Waals surface area contributed by atoms with Crippen molar-refractivity contribution in [2.75, 3.05) is 38.2 Å². The van der Waals surface area contributed by atoms with E-state index in [1.54, 1.807) is 7.11 Å². The van der Waals surface area contributed by atoms with Gasteiger partial charge in [-0.25, -0.2) is 4.98 Å². The van der Waals surface area contributed by atoms with E-state index in [9.17, 15) is 0 Å². The molecule has 1 saturated heterocycles. The van der Waals surface area contributed by atoms with Gasteiger partial charge in [0, 0.05) is 56.0 Å². The molecule has 5 heteroatoms. The van der Waals surface area contributed by atoms with Crippen molar-refractivity contribution in [3.05, 3.63) is 71.7 Å². The molecule has 0 amide bonds. The molecule has 0 aliphatic carbocycles. The number of hydrogen-bond acceptors (Lipinski definition) is 4. The van der Waals surface area contributed by atoms with E-state index in [1.165, 1.54) is 22.6 Å². The topological polar surface area (TPSA) is 33.5 Å². The van der Waals surface area contributed by atoms with Gasteiger partial charge in [-0.1, -0.05) is 18.2 Å². The molecular formula is C23H28N4O. The van der Waals surface area contributed by atoms with Crippen LogP contribution < -0.4 is 9.64 Å². The third-order valence-corrected chi connectivity index (χ3v) is 5.59. The van der Waals surface area contributed by atoms with Crippen LogP contribution in [-0.2, 0) is 6.54 Å². The van der Waals surface area contributed by atoms with Crippen LogP contribution in [0.5, 0.6) is 5.75 Å². The summed E-state index contributed by atoms with van der Waals surface area (Å²) in [7, 11) is 1.71. The highest BCUT2D eigenvalue weighted by Crippen LogP contribution is 2.27. The fraction of sp³-hybridized carbons (Fsp3) is 0.348. The summed E-state index contributed by atoms with van der Waals surface area (Å²) in [5, 5.41) is 0. The third kappa shape index (κ3) is 3.62. The summed E-state index contributed by atoms with van der Waals surface area (Å²) in [6, 6.07) is 16.8. The highest BCUT2D eigenvalue weighted by molar-refractivity contribution is 5.52. The lowest BCUT2D eigenvalue weighted by molar-refractivity contribution is 0.248. The Hall–Kier alpha value is -2.79. The Morgan fingerprint density at radius 3 is 2.43 bits per heavy atom. The van der Waals surface area contributed by atoms with Crippen molar-refractivity contribution in [1.82, 2.24) is 14.5 Å². The van der Waals surface area contributed by atoms with E-state index in [4.69, 9.17) is 4.74 Å². The van der Waals surface area contributed by atoms with Gasteiger partial charge in [0.2, 0.25) is 0 Å². The number of pyridine rings is 1. The number of para-hydroxylation sites is 1. The van der Waals surface area contributed by atoms with Gasteiger partial charge < -0.3 is 14.2 Å². The average molecular weight is 377 g/mol. The largest absolute Gasteiger partial charge is 0.493 e. The Bertz CT molecular complexity index is 927. The molecule has 4 rings (SSSR count). The molecule has 0 bridgehead atoms. The predicted molar refractivity (Wildman–Crippen MR) is 114 cm³/mol. The van der Waals surface area contributed by atoms with Gasteiger partial charge in [0.1, 0.15) is 0 Å². The number of methoxy groups -OCH3 is 1. The summed E-state index contributed by atoms with van der Waals surface area (Å²) in [6.45, 7) is 9.37. The summed E-state index contributed by atoms with van der Waals surface area (Å²) in [6.07, 6.45) is 1.84. The predicted octanol–water partition coefficient (Wildman–Crippen LogP) is 3.82. The van der Waals surface area contributed by atoms with Gasteiger partial charge >= 0.3 is 0 Å². The Morgan fingerprint density at radius 1 is 0.964 bits per heavy atom. The molecular weight excluding hydrogens is 348 g/mol. The molecule has 0 N–H and O–H groups in total.